The summed E-state index contributed by atoms with van der Waals surface area (Å²) in [6.45, 7) is 3.30. The second kappa shape index (κ2) is 7.94. The fourth-order valence-electron chi connectivity index (χ4n) is 4.11. The predicted octanol–water partition coefficient (Wildman–Crippen LogP) is 2.99. The van der Waals surface area contributed by atoms with E-state index in [1.165, 1.54) is 6.33 Å². The molecule has 7 nitrogen and oxygen atoms in total. The molecule has 1 saturated heterocycles. The van der Waals surface area contributed by atoms with Gasteiger partial charge in [0.15, 0.2) is 0 Å². The average Bonchev–Trinajstić information content (AvgIpc) is 3.11. The van der Waals surface area contributed by atoms with E-state index in [0.717, 1.165) is 12.8 Å². The van der Waals surface area contributed by atoms with Crippen LogP contribution in [0.1, 0.15) is 37.7 Å². The number of carbonyl (C=O) groups excluding carboxylic acids is 1. The van der Waals surface area contributed by atoms with Crippen molar-refractivity contribution in [2.45, 2.75) is 50.1 Å². The molecule has 3 atom stereocenters. The molecule has 2 aliphatic rings. The van der Waals surface area contributed by atoms with Gasteiger partial charge in [0.2, 0.25) is 5.91 Å². The van der Waals surface area contributed by atoms with Crippen molar-refractivity contribution in [2.75, 3.05) is 32.5 Å². The van der Waals surface area contributed by atoms with Gasteiger partial charge >= 0.3 is 0 Å². The molecule has 0 spiro atoms. The quantitative estimate of drug-likeness (QED) is 0.706. The van der Waals surface area contributed by atoms with Crippen molar-refractivity contribution in [3.63, 3.8) is 0 Å². The van der Waals surface area contributed by atoms with E-state index in [2.05, 4.69) is 27.2 Å². The second-order valence-electron chi connectivity index (χ2n) is 8.63. The number of hydrogen-bond acceptors (Lipinski definition) is 5. The third-order valence-corrected chi connectivity index (χ3v) is 5.94. The lowest BCUT2D eigenvalue weighted by Gasteiger charge is -2.38. The molecule has 3 heterocycles. The highest BCUT2D eigenvalue weighted by Crippen LogP contribution is 2.57. The standard InChI is InChI=1S/C21H28F2N6O/c1-13-6-7-14(11-29(13)17(30)5-4-8-28(2)3)27-20-18-15(16-9-21(16,22)23)10-24-19(18)25-12-26-20/h4-5,10,12-14,16H,6-9,11H2,1-3H3,(H2,24,25,26,27)/b5-4+/t13-,14+,16+/m0/s1. The lowest BCUT2D eigenvalue weighted by Crippen LogP contribution is -2.49. The Balaban J connectivity index is 1.50. The van der Waals surface area contributed by atoms with Crippen LogP contribution in [-0.2, 0) is 4.79 Å². The number of anilines is 1. The Labute approximate surface area is 174 Å². The Morgan fingerprint density at radius 2 is 2.17 bits per heavy atom. The van der Waals surface area contributed by atoms with Crippen molar-refractivity contribution >= 4 is 22.8 Å². The summed E-state index contributed by atoms with van der Waals surface area (Å²) in [7, 11) is 3.90. The van der Waals surface area contributed by atoms with Gasteiger partial charge in [-0.25, -0.2) is 18.7 Å². The molecule has 4 rings (SSSR count). The van der Waals surface area contributed by atoms with Crippen LogP contribution in [0, 0.1) is 0 Å². The first-order valence-electron chi connectivity index (χ1n) is 10.3. The van der Waals surface area contributed by atoms with Gasteiger partial charge in [0, 0.05) is 43.9 Å². The van der Waals surface area contributed by atoms with Gasteiger partial charge in [-0.2, -0.15) is 0 Å². The molecule has 2 fully saturated rings. The average molecular weight is 418 g/mol. The molecule has 2 N–H and O–H groups in total. The Kier molecular flexibility index (Phi) is 5.48. The minimum absolute atomic E-state index is 0.00652. The van der Waals surface area contributed by atoms with Crippen LogP contribution in [0.2, 0.25) is 0 Å². The van der Waals surface area contributed by atoms with Crippen LogP contribution in [-0.4, -0.2) is 75.9 Å². The van der Waals surface area contributed by atoms with Gasteiger partial charge in [0.05, 0.1) is 11.3 Å². The zero-order valence-electron chi connectivity index (χ0n) is 17.5. The number of rotatable bonds is 6. The summed E-state index contributed by atoms with van der Waals surface area (Å²) in [6, 6.07) is 0.144. The summed E-state index contributed by atoms with van der Waals surface area (Å²) in [5.74, 6) is -2.91. The van der Waals surface area contributed by atoms with E-state index < -0.39 is 11.8 Å². The van der Waals surface area contributed by atoms with Crippen LogP contribution < -0.4 is 5.32 Å². The van der Waals surface area contributed by atoms with Crippen LogP contribution in [0.3, 0.4) is 0 Å². The maximum absolute atomic E-state index is 13.7. The molecule has 1 amide bonds. The van der Waals surface area contributed by atoms with E-state index >= 15 is 0 Å². The first-order chi connectivity index (χ1) is 14.3. The lowest BCUT2D eigenvalue weighted by molar-refractivity contribution is -0.129. The molecule has 0 radical (unpaired) electrons. The number of aromatic amines is 1. The number of H-pyrrole nitrogens is 1. The number of alkyl halides is 2. The van der Waals surface area contributed by atoms with Gasteiger partial charge in [0.25, 0.3) is 5.92 Å². The van der Waals surface area contributed by atoms with E-state index in [-0.39, 0.29) is 24.4 Å². The van der Waals surface area contributed by atoms with Crippen LogP contribution in [0.4, 0.5) is 14.6 Å². The molecular weight excluding hydrogens is 390 g/mol. The molecule has 2 aromatic heterocycles. The van der Waals surface area contributed by atoms with Gasteiger partial charge in [-0.15, -0.1) is 0 Å². The number of aromatic nitrogens is 3. The number of piperidine rings is 1. The Morgan fingerprint density at radius 1 is 1.40 bits per heavy atom. The van der Waals surface area contributed by atoms with Crippen molar-refractivity contribution in [1.82, 2.24) is 24.8 Å². The van der Waals surface area contributed by atoms with E-state index in [4.69, 9.17) is 0 Å². The van der Waals surface area contributed by atoms with Gasteiger partial charge in [-0.3, -0.25) is 4.79 Å². The lowest BCUT2D eigenvalue weighted by atomic mass is 9.99. The summed E-state index contributed by atoms with van der Waals surface area (Å²) in [5, 5.41) is 4.02. The Bertz CT molecular complexity index is 956. The monoisotopic (exact) mass is 418 g/mol. The van der Waals surface area contributed by atoms with Crippen molar-refractivity contribution in [2.24, 2.45) is 0 Å². The number of likely N-dealkylation sites (N-methyl/N-ethyl adjacent to an activating group) is 1. The second-order valence-corrected chi connectivity index (χ2v) is 8.63. The summed E-state index contributed by atoms with van der Waals surface area (Å²) < 4.78 is 27.4. The molecule has 0 bridgehead atoms. The highest BCUT2D eigenvalue weighted by atomic mass is 19.3. The van der Waals surface area contributed by atoms with Crippen molar-refractivity contribution in [3.8, 4) is 0 Å². The fourth-order valence-corrected chi connectivity index (χ4v) is 4.11. The number of hydrogen-bond donors (Lipinski definition) is 2. The molecule has 0 unspecified atom stereocenters. The Hall–Kier alpha value is -2.55. The number of carbonyl (C=O) groups is 1. The minimum atomic E-state index is -2.66. The Morgan fingerprint density at radius 3 is 2.87 bits per heavy atom. The van der Waals surface area contributed by atoms with Gasteiger partial charge in [-0.05, 0) is 39.4 Å². The maximum Gasteiger partial charge on any atom is 0.256 e. The van der Waals surface area contributed by atoms with Gasteiger partial charge < -0.3 is 20.1 Å². The topological polar surface area (TPSA) is 77.1 Å². The van der Waals surface area contributed by atoms with Crippen molar-refractivity contribution in [1.29, 1.82) is 0 Å². The first kappa shape index (κ1) is 20.7. The van der Waals surface area contributed by atoms with Gasteiger partial charge in [-0.1, -0.05) is 6.08 Å². The number of halogens is 2. The minimum Gasteiger partial charge on any atom is -0.365 e. The number of fused-ring (bicyclic) bond motifs is 1. The normalized spacial score (nSPS) is 25.9. The highest BCUT2D eigenvalue weighted by Gasteiger charge is 2.58. The van der Waals surface area contributed by atoms with Crippen LogP contribution in [0.25, 0.3) is 11.0 Å². The molecule has 9 heteroatoms. The van der Waals surface area contributed by atoms with E-state index in [1.54, 1.807) is 12.3 Å². The van der Waals surface area contributed by atoms with E-state index in [0.29, 0.717) is 35.5 Å². The van der Waals surface area contributed by atoms with Gasteiger partial charge in [0.1, 0.15) is 17.8 Å². The van der Waals surface area contributed by atoms with Crippen LogP contribution in [0.5, 0.6) is 0 Å². The zero-order valence-corrected chi connectivity index (χ0v) is 17.5. The highest BCUT2D eigenvalue weighted by molar-refractivity contribution is 5.91. The molecule has 162 valence electrons. The molecule has 2 aromatic rings. The summed E-state index contributed by atoms with van der Waals surface area (Å²) in [5.41, 5.74) is 1.11. The summed E-state index contributed by atoms with van der Waals surface area (Å²) in [4.78, 5) is 28.0. The maximum atomic E-state index is 13.7. The molecule has 30 heavy (non-hydrogen) atoms. The van der Waals surface area contributed by atoms with Crippen LogP contribution in [0.15, 0.2) is 24.7 Å². The molecular formula is C21H28F2N6O. The number of likely N-dealkylation sites (tertiary alicyclic amines) is 1. The number of nitrogens with zero attached hydrogens (tertiary/aromatic N) is 4. The fraction of sp³-hybridized carbons (Fsp3) is 0.571. The zero-order chi connectivity index (χ0) is 21.5. The predicted molar refractivity (Wildman–Crippen MR) is 112 cm³/mol. The SMILES string of the molecule is C[C@H]1CC[C@@H](Nc2ncnc3[nH]cc([C@H]4CC4(F)F)c23)CN1C(=O)/C=C/CN(C)C. The number of amides is 1. The third kappa shape index (κ3) is 4.16. The third-order valence-electron chi connectivity index (χ3n) is 5.94. The van der Waals surface area contributed by atoms with Crippen molar-refractivity contribution < 1.29 is 13.6 Å². The van der Waals surface area contributed by atoms with Crippen molar-refractivity contribution in [3.05, 3.63) is 30.2 Å². The molecule has 1 aliphatic heterocycles. The summed E-state index contributed by atoms with van der Waals surface area (Å²) in [6.07, 6.45) is 8.12. The first-order valence-corrected chi connectivity index (χ1v) is 10.3. The molecule has 1 aliphatic carbocycles. The van der Waals surface area contributed by atoms with E-state index in [9.17, 15) is 13.6 Å². The molecule has 1 saturated carbocycles. The van der Waals surface area contributed by atoms with Crippen LogP contribution >= 0.6 is 0 Å². The smallest absolute Gasteiger partial charge is 0.256 e. The number of nitrogens with one attached hydrogen (secondary N) is 2. The molecule has 0 aromatic carbocycles. The van der Waals surface area contributed by atoms with E-state index in [1.807, 2.05) is 30.0 Å². The largest absolute Gasteiger partial charge is 0.365 e. The summed E-state index contributed by atoms with van der Waals surface area (Å²) >= 11 is 0.